The predicted molar refractivity (Wildman–Crippen MR) is 145 cm³/mol. The number of carbonyl (C=O) groups is 3. The molecule has 40 heavy (non-hydrogen) atoms. The molecule has 0 saturated carbocycles. The summed E-state index contributed by atoms with van der Waals surface area (Å²) in [7, 11) is 0. The minimum absolute atomic E-state index is 0.0475. The van der Waals surface area contributed by atoms with Crippen LogP contribution < -0.4 is 0 Å². The minimum atomic E-state index is -1.11. The number of nitrogens with zero attached hydrogens (tertiary/aromatic N) is 5. The van der Waals surface area contributed by atoms with E-state index in [1.54, 1.807) is 20.6 Å². The van der Waals surface area contributed by atoms with Crippen molar-refractivity contribution in [2.75, 3.05) is 26.3 Å². The van der Waals surface area contributed by atoms with Gasteiger partial charge < -0.3 is 24.4 Å². The Bertz CT molecular complexity index is 1280. The number of unbranched alkanes of at least 4 members (excludes halogenated alkanes) is 3. The number of fused-ring (bicyclic) bond motifs is 2. The highest BCUT2D eigenvalue weighted by atomic mass is 16.6. The number of ether oxygens (including phenoxy) is 2. The lowest BCUT2D eigenvalue weighted by Gasteiger charge is -2.36. The summed E-state index contributed by atoms with van der Waals surface area (Å²) in [4.78, 5) is 44.8. The lowest BCUT2D eigenvalue weighted by atomic mass is 9.70. The molecule has 4 heterocycles. The Balaban J connectivity index is 1.46. The smallest absolute Gasteiger partial charge is 0.312 e. The van der Waals surface area contributed by atoms with Gasteiger partial charge in [-0.3, -0.25) is 14.4 Å². The topological polar surface area (TPSA) is 127 Å². The fourth-order valence-electron chi connectivity index (χ4n) is 6.66. The maximum atomic E-state index is 14.4. The zero-order chi connectivity index (χ0) is 28.3. The third-order valence-corrected chi connectivity index (χ3v) is 8.34. The molecule has 5 rings (SSSR count). The fourth-order valence-corrected chi connectivity index (χ4v) is 6.66. The number of aliphatic hydroxyl groups excluding tert-OH is 1. The average molecular weight is 552 g/mol. The number of amides is 2. The molecule has 3 fully saturated rings. The number of hydrogen-bond acceptors (Lipinski definition) is 8. The Kier molecular flexibility index (Phi) is 8.32. The minimum Gasteiger partial charge on any atom is -0.461 e. The quantitative estimate of drug-likeness (QED) is 0.215. The van der Waals surface area contributed by atoms with Crippen LogP contribution in [-0.2, 0) is 30.5 Å². The molecular weight excluding hydrogens is 514 g/mol. The van der Waals surface area contributed by atoms with Crippen molar-refractivity contribution in [1.82, 2.24) is 24.8 Å². The van der Waals surface area contributed by atoms with Gasteiger partial charge in [-0.05, 0) is 37.8 Å². The van der Waals surface area contributed by atoms with Crippen LogP contribution in [0.3, 0.4) is 0 Å². The van der Waals surface area contributed by atoms with Crippen LogP contribution in [0.25, 0.3) is 11.0 Å². The molecule has 1 spiro atoms. The standard InChI is InChI=1S/C29H37N5O6/c1-3-15-32(19-34-21-12-8-7-11-20(21)30-31-34)27(37)25-29-14-13-22(40-29)23(28(38)39-18-4-2)24(29)26(36)33(25)16-9-5-6-10-17-35/h3-4,7-8,11-12,22-25,35H,1-2,5-6,9-10,13-19H2/t22-,23+,24+,25?,29?/m1/s1. The summed E-state index contributed by atoms with van der Waals surface area (Å²) in [6, 6.07) is 6.61. The van der Waals surface area contributed by atoms with Crippen molar-refractivity contribution >= 4 is 28.8 Å². The molecule has 2 aromatic rings. The first-order valence-electron chi connectivity index (χ1n) is 14.0. The molecule has 11 nitrogen and oxygen atoms in total. The van der Waals surface area contributed by atoms with Crippen molar-refractivity contribution in [3.8, 4) is 0 Å². The zero-order valence-electron chi connectivity index (χ0n) is 22.7. The van der Waals surface area contributed by atoms with Gasteiger partial charge in [0.2, 0.25) is 11.8 Å². The molecule has 3 aliphatic rings. The van der Waals surface area contributed by atoms with Crippen LogP contribution >= 0.6 is 0 Å². The van der Waals surface area contributed by atoms with E-state index in [0.717, 1.165) is 18.4 Å². The third kappa shape index (κ3) is 4.81. The van der Waals surface area contributed by atoms with Gasteiger partial charge in [0.15, 0.2) is 0 Å². The van der Waals surface area contributed by atoms with Crippen LogP contribution in [0.15, 0.2) is 49.6 Å². The van der Waals surface area contributed by atoms with E-state index < -0.39 is 35.6 Å². The van der Waals surface area contributed by atoms with Crippen LogP contribution in [0.5, 0.6) is 0 Å². The molecule has 0 aliphatic carbocycles. The number of carbonyl (C=O) groups excluding carboxylic acids is 3. The Morgan fingerprint density at radius 2 is 2.00 bits per heavy atom. The Morgan fingerprint density at radius 3 is 2.77 bits per heavy atom. The van der Waals surface area contributed by atoms with Crippen LogP contribution in [0.4, 0.5) is 0 Å². The molecule has 1 aromatic heterocycles. The maximum absolute atomic E-state index is 14.4. The van der Waals surface area contributed by atoms with E-state index in [9.17, 15) is 14.4 Å². The normalized spacial score (nSPS) is 26.7. The van der Waals surface area contributed by atoms with Gasteiger partial charge in [-0.25, -0.2) is 4.68 Å². The van der Waals surface area contributed by atoms with Gasteiger partial charge in [0.05, 0.1) is 23.5 Å². The van der Waals surface area contributed by atoms with Gasteiger partial charge in [-0.2, -0.15) is 0 Å². The molecule has 5 atom stereocenters. The van der Waals surface area contributed by atoms with Crippen LogP contribution in [0.1, 0.15) is 38.5 Å². The highest BCUT2D eigenvalue weighted by Gasteiger charge is 2.75. The lowest BCUT2D eigenvalue weighted by molar-refractivity contribution is -0.154. The first-order valence-corrected chi connectivity index (χ1v) is 14.0. The Morgan fingerprint density at radius 1 is 1.20 bits per heavy atom. The van der Waals surface area contributed by atoms with Gasteiger partial charge in [0.1, 0.15) is 30.4 Å². The molecule has 2 unspecified atom stereocenters. The highest BCUT2D eigenvalue weighted by Crippen LogP contribution is 2.58. The summed E-state index contributed by atoms with van der Waals surface area (Å²) in [5.74, 6) is -2.55. The van der Waals surface area contributed by atoms with Crippen LogP contribution in [-0.4, -0.2) is 91.7 Å². The zero-order valence-corrected chi connectivity index (χ0v) is 22.7. The van der Waals surface area contributed by atoms with E-state index in [0.29, 0.717) is 37.7 Å². The summed E-state index contributed by atoms with van der Waals surface area (Å²) in [5.41, 5.74) is 0.393. The molecular formula is C29H37N5O6. The molecule has 2 amide bonds. The summed E-state index contributed by atoms with van der Waals surface area (Å²) in [5, 5.41) is 17.6. The number of hydrogen-bond donors (Lipinski definition) is 1. The number of rotatable bonds is 14. The largest absolute Gasteiger partial charge is 0.461 e. The predicted octanol–water partition coefficient (Wildman–Crippen LogP) is 2.06. The first-order chi connectivity index (χ1) is 19.5. The molecule has 1 N–H and O–H groups in total. The summed E-state index contributed by atoms with van der Waals surface area (Å²) in [6.45, 7) is 8.33. The Hall–Kier alpha value is -3.57. The van der Waals surface area contributed by atoms with Gasteiger partial charge in [0.25, 0.3) is 0 Å². The highest BCUT2D eigenvalue weighted by molar-refractivity contribution is 5.98. The Labute approximate surface area is 233 Å². The van der Waals surface area contributed by atoms with Crippen molar-refractivity contribution in [3.05, 3.63) is 49.6 Å². The number of likely N-dealkylation sites (tertiary alicyclic amines) is 1. The number of benzene rings is 1. The van der Waals surface area contributed by atoms with Crippen molar-refractivity contribution in [2.45, 2.75) is 62.9 Å². The second-order valence-electron chi connectivity index (χ2n) is 10.7. The van der Waals surface area contributed by atoms with Crippen molar-refractivity contribution < 1.29 is 29.0 Å². The van der Waals surface area contributed by atoms with Crippen molar-refractivity contribution in [1.29, 1.82) is 0 Å². The molecule has 214 valence electrons. The molecule has 3 saturated heterocycles. The fraction of sp³-hybridized carbons (Fsp3) is 0.552. The lowest BCUT2D eigenvalue weighted by Crippen LogP contribution is -2.56. The molecule has 2 bridgehead atoms. The number of para-hydroxylation sites is 1. The van der Waals surface area contributed by atoms with E-state index in [4.69, 9.17) is 14.6 Å². The second-order valence-corrected chi connectivity index (χ2v) is 10.7. The summed E-state index contributed by atoms with van der Waals surface area (Å²) >= 11 is 0. The van der Waals surface area contributed by atoms with Crippen LogP contribution in [0, 0.1) is 11.8 Å². The first kappa shape index (κ1) is 28.0. The molecule has 3 aliphatic heterocycles. The molecule has 1 aromatic carbocycles. The summed E-state index contributed by atoms with van der Waals surface area (Å²) in [6.07, 6.45) is 6.72. The van der Waals surface area contributed by atoms with Gasteiger partial charge in [-0.15, -0.1) is 11.7 Å². The third-order valence-electron chi connectivity index (χ3n) is 8.34. The van der Waals surface area contributed by atoms with E-state index in [1.807, 2.05) is 24.3 Å². The van der Waals surface area contributed by atoms with Crippen LogP contribution in [0.2, 0.25) is 0 Å². The second kappa shape index (κ2) is 11.9. The molecule has 0 radical (unpaired) electrons. The number of aromatic nitrogens is 3. The maximum Gasteiger partial charge on any atom is 0.312 e. The van der Waals surface area contributed by atoms with E-state index in [2.05, 4.69) is 23.5 Å². The van der Waals surface area contributed by atoms with E-state index >= 15 is 0 Å². The number of esters is 1. The van der Waals surface area contributed by atoms with Crippen molar-refractivity contribution in [2.24, 2.45) is 11.8 Å². The van der Waals surface area contributed by atoms with E-state index in [-0.39, 0.29) is 38.2 Å². The van der Waals surface area contributed by atoms with Gasteiger partial charge >= 0.3 is 5.97 Å². The van der Waals surface area contributed by atoms with E-state index in [1.165, 1.54) is 6.08 Å². The monoisotopic (exact) mass is 551 g/mol. The summed E-state index contributed by atoms with van der Waals surface area (Å²) < 4.78 is 13.5. The number of aliphatic hydroxyl groups is 1. The van der Waals surface area contributed by atoms with Gasteiger partial charge in [0, 0.05) is 19.7 Å². The van der Waals surface area contributed by atoms with Gasteiger partial charge in [-0.1, -0.05) is 48.9 Å². The SMILES string of the molecule is C=CCOC(=O)[C@@H]1[C@H]2C(=O)N(CCCCCCO)C(C(=O)N(CC=C)Cn3nnc4ccccc43)C23CC[C@H]1O3. The molecule has 11 heteroatoms. The van der Waals surface area contributed by atoms with Crippen molar-refractivity contribution in [3.63, 3.8) is 0 Å². The average Bonchev–Trinajstić information content (AvgIpc) is 3.71.